The van der Waals surface area contributed by atoms with Gasteiger partial charge < -0.3 is 5.32 Å². The molecule has 1 N–H and O–H groups in total. The van der Waals surface area contributed by atoms with Crippen molar-refractivity contribution in [2.24, 2.45) is 5.92 Å². The molecule has 108 valence electrons. The van der Waals surface area contributed by atoms with Gasteiger partial charge in [-0.15, -0.1) is 11.6 Å². The van der Waals surface area contributed by atoms with E-state index in [2.05, 4.69) is 5.32 Å². The number of aryl methyl sites for hydroxylation is 1. The standard InChI is InChI=1S/C14H17ClN2O3/c1-9-6-12(17(19)20)4-5-13(9)14(18)16-8-10-2-3-11(15)7-10/h4-6,10-11H,2-3,7-8H2,1H3,(H,16,18). The van der Waals surface area contributed by atoms with Crippen LogP contribution in [0.4, 0.5) is 5.69 Å². The second-order valence-corrected chi connectivity index (χ2v) is 5.86. The van der Waals surface area contributed by atoms with Crippen LogP contribution in [0.5, 0.6) is 0 Å². The van der Waals surface area contributed by atoms with E-state index in [0.717, 1.165) is 19.3 Å². The first kappa shape index (κ1) is 14.8. The summed E-state index contributed by atoms with van der Waals surface area (Å²) >= 11 is 6.03. The van der Waals surface area contributed by atoms with Crippen LogP contribution in [0.15, 0.2) is 18.2 Å². The summed E-state index contributed by atoms with van der Waals surface area (Å²) in [6.45, 7) is 2.31. The Morgan fingerprint density at radius 3 is 2.80 bits per heavy atom. The number of amides is 1. The molecule has 1 aliphatic rings. The van der Waals surface area contributed by atoms with E-state index in [1.807, 2.05) is 0 Å². The van der Waals surface area contributed by atoms with Crippen molar-refractivity contribution >= 4 is 23.2 Å². The molecule has 0 aliphatic heterocycles. The van der Waals surface area contributed by atoms with Gasteiger partial charge in [0.15, 0.2) is 0 Å². The summed E-state index contributed by atoms with van der Waals surface area (Å²) in [6.07, 6.45) is 2.97. The second-order valence-electron chi connectivity index (χ2n) is 5.24. The molecule has 0 saturated heterocycles. The second kappa shape index (κ2) is 6.22. The van der Waals surface area contributed by atoms with Crippen LogP contribution >= 0.6 is 11.6 Å². The van der Waals surface area contributed by atoms with Crippen molar-refractivity contribution in [1.82, 2.24) is 5.32 Å². The SMILES string of the molecule is Cc1cc([N+](=O)[O-])ccc1C(=O)NCC1CCC(Cl)C1. The van der Waals surface area contributed by atoms with Gasteiger partial charge in [0.1, 0.15) is 0 Å². The molecule has 1 amide bonds. The van der Waals surface area contributed by atoms with Gasteiger partial charge in [-0.3, -0.25) is 14.9 Å². The smallest absolute Gasteiger partial charge is 0.269 e. The Morgan fingerprint density at radius 1 is 1.50 bits per heavy atom. The fraction of sp³-hybridized carbons (Fsp3) is 0.500. The highest BCUT2D eigenvalue weighted by molar-refractivity contribution is 6.20. The zero-order valence-electron chi connectivity index (χ0n) is 11.3. The number of benzene rings is 1. The van der Waals surface area contributed by atoms with Gasteiger partial charge in [-0.05, 0) is 43.7 Å². The van der Waals surface area contributed by atoms with E-state index in [9.17, 15) is 14.9 Å². The van der Waals surface area contributed by atoms with E-state index in [1.165, 1.54) is 18.2 Å². The molecule has 20 heavy (non-hydrogen) atoms. The number of carbonyl (C=O) groups excluding carboxylic acids is 1. The quantitative estimate of drug-likeness (QED) is 0.527. The maximum absolute atomic E-state index is 12.1. The highest BCUT2D eigenvalue weighted by Crippen LogP contribution is 2.28. The third-order valence-electron chi connectivity index (χ3n) is 3.69. The molecule has 1 aromatic rings. The predicted molar refractivity (Wildman–Crippen MR) is 77.1 cm³/mol. The number of nitro benzene ring substituents is 1. The van der Waals surface area contributed by atoms with Gasteiger partial charge in [-0.25, -0.2) is 0 Å². The highest BCUT2D eigenvalue weighted by Gasteiger charge is 2.23. The van der Waals surface area contributed by atoms with Crippen molar-refractivity contribution in [3.63, 3.8) is 0 Å². The molecule has 2 rings (SSSR count). The van der Waals surface area contributed by atoms with Crippen molar-refractivity contribution in [2.45, 2.75) is 31.6 Å². The first-order valence-corrected chi connectivity index (χ1v) is 7.08. The van der Waals surface area contributed by atoms with Crippen LogP contribution < -0.4 is 5.32 Å². The molecule has 0 heterocycles. The van der Waals surface area contributed by atoms with Gasteiger partial charge >= 0.3 is 0 Å². The van der Waals surface area contributed by atoms with Crippen molar-refractivity contribution in [1.29, 1.82) is 0 Å². The average molecular weight is 297 g/mol. The third-order valence-corrected chi connectivity index (χ3v) is 4.09. The first-order valence-electron chi connectivity index (χ1n) is 6.64. The zero-order chi connectivity index (χ0) is 14.7. The molecule has 5 nitrogen and oxygen atoms in total. The Balaban J connectivity index is 1.97. The molecule has 6 heteroatoms. The first-order chi connectivity index (χ1) is 9.47. The summed E-state index contributed by atoms with van der Waals surface area (Å²) in [7, 11) is 0. The van der Waals surface area contributed by atoms with Crippen LogP contribution in [-0.2, 0) is 0 Å². The Hall–Kier alpha value is -1.62. The number of non-ortho nitro benzene ring substituents is 1. The molecule has 2 unspecified atom stereocenters. The molecular weight excluding hydrogens is 280 g/mol. The number of alkyl halides is 1. The zero-order valence-corrected chi connectivity index (χ0v) is 12.0. The number of hydrogen-bond acceptors (Lipinski definition) is 3. The molecular formula is C14H17ClN2O3. The monoisotopic (exact) mass is 296 g/mol. The van der Waals surface area contributed by atoms with E-state index in [1.54, 1.807) is 6.92 Å². The van der Waals surface area contributed by atoms with Crippen molar-refractivity contribution < 1.29 is 9.72 Å². The summed E-state index contributed by atoms with van der Waals surface area (Å²) in [6, 6.07) is 4.27. The van der Waals surface area contributed by atoms with E-state index in [-0.39, 0.29) is 17.0 Å². The summed E-state index contributed by atoms with van der Waals surface area (Å²) in [5.74, 6) is 0.246. The summed E-state index contributed by atoms with van der Waals surface area (Å²) in [5.41, 5.74) is 1.09. The maximum Gasteiger partial charge on any atom is 0.269 e. The number of nitrogens with one attached hydrogen (secondary N) is 1. The lowest BCUT2D eigenvalue weighted by Crippen LogP contribution is -2.29. The summed E-state index contributed by atoms with van der Waals surface area (Å²) in [5, 5.41) is 13.8. The molecule has 1 saturated carbocycles. The Bertz CT molecular complexity index is 533. The van der Waals surface area contributed by atoms with Gasteiger partial charge in [-0.1, -0.05) is 0 Å². The van der Waals surface area contributed by atoms with Gasteiger partial charge in [0.25, 0.3) is 11.6 Å². The lowest BCUT2D eigenvalue weighted by Gasteiger charge is -2.12. The van der Waals surface area contributed by atoms with Crippen LogP contribution in [0, 0.1) is 23.0 Å². The third kappa shape index (κ3) is 3.48. The number of nitrogens with zero attached hydrogens (tertiary/aromatic N) is 1. The molecule has 2 atom stereocenters. The molecule has 1 aromatic carbocycles. The van der Waals surface area contributed by atoms with E-state index in [4.69, 9.17) is 11.6 Å². The number of hydrogen-bond donors (Lipinski definition) is 1. The molecule has 1 fully saturated rings. The fourth-order valence-electron chi connectivity index (χ4n) is 2.55. The Kier molecular flexibility index (Phi) is 4.60. The molecule has 0 radical (unpaired) electrons. The van der Waals surface area contributed by atoms with E-state index < -0.39 is 4.92 Å². The minimum atomic E-state index is -0.464. The minimum absolute atomic E-state index is 0.000162. The van der Waals surface area contributed by atoms with Crippen molar-refractivity contribution in [3.05, 3.63) is 39.4 Å². The number of halogens is 1. The fourth-order valence-corrected chi connectivity index (χ4v) is 2.93. The minimum Gasteiger partial charge on any atom is -0.352 e. The Morgan fingerprint density at radius 2 is 2.25 bits per heavy atom. The average Bonchev–Trinajstić information content (AvgIpc) is 2.81. The molecule has 1 aliphatic carbocycles. The number of nitro groups is 1. The van der Waals surface area contributed by atoms with Crippen LogP contribution in [0.2, 0.25) is 0 Å². The van der Waals surface area contributed by atoms with Crippen LogP contribution in [0.1, 0.15) is 35.2 Å². The van der Waals surface area contributed by atoms with Crippen LogP contribution in [-0.4, -0.2) is 22.8 Å². The van der Waals surface area contributed by atoms with Gasteiger partial charge in [-0.2, -0.15) is 0 Å². The van der Waals surface area contributed by atoms with Crippen LogP contribution in [0.3, 0.4) is 0 Å². The van der Waals surface area contributed by atoms with Crippen molar-refractivity contribution in [3.8, 4) is 0 Å². The highest BCUT2D eigenvalue weighted by atomic mass is 35.5. The lowest BCUT2D eigenvalue weighted by molar-refractivity contribution is -0.384. The largest absolute Gasteiger partial charge is 0.352 e. The van der Waals surface area contributed by atoms with Crippen molar-refractivity contribution in [2.75, 3.05) is 6.54 Å². The van der Waals surface area contributed by atoms with Gasteiger partial charge in [0, 0.05) is 29.6 Å². The summed E-state index contributed by atoms with van der Waals surface area (Å²) in [4.78, 5) is 22.3. The van der Waals surface area contributed by atoms with E-state index >= 15 is 0 Å². The topological polar surface area (TPSA) is 72.2 Å². The Labute approximate surface area is 122 Å². The summed E-state index contributed by atoms with van der Waals surface area (Å²) < 4.78 is 0. The maximum atomic E-state index is 12.1. The van der Waals surface area contributed by atoms with Gasteiger partial charge in [0.2, 0.25) is 0 Å². The molecule has 0 bridgehead atoms. The molecule has 0 spiro atoms. The number of rotatable bonds is 4. The van der Waals surface area contributed by atoms with E-state index in [0.29, 0.717) is 23.6 Å². The van der Waals surface area contributed by atoms with Gasteiger partial charge in [0.05, 0.1) is 4.92 Å². The molecule has 0 aromatic heterocycles. The van der Waals surface area contributed by atoms with Crippen LogP contribution in [0.25, 0.3) is 0 Å². The normalized spacial score (nSPS) is 21.7. The predicted octanol–water partition coefficient (Wildman–Crippen LogP) is 3.04. The lowest BCUT2D eigenvalue weighted by atomic mass is 10.1. The number of carbonyl (C=O) groups is 1.